The predicted octanol–water partition coefficient (Wildman–Crippen LogP) is 2.33. The Morgan fingerprint density at radius 1 is 1.22 bits per heavy atom. The minimum Gasteiger partial charge on any atom is -0.423 e. The zero-order valence-electron chi connectivity index (χ0n) is 11.9. The zero-order valence-corrected chi connectivity index (χ0v) is 11.9. The largest absolute Gasteiger partial charge is 0.423 e. The molecule has 0 aromatic heterocycles. The molecule has 23 heavy (non-hydrogen) atoms. The lowest BCUT2D eigenvalue weighted by atomic mass is 10.2. The van der Waals surface area contributed by atoms with Gasteiger partial charge in [0, 0.05) is 6.07 Å². The molecule has 0 saturated heterocycles. The topological polar surface area (TPSA) is 58.6 Å². The molecule has 0 aliphatic carbocycles. The van der Waals surface area contributed by atoms with Crippen LogP contribution in [0.2, 0.25) is 0 Å². The van der Waals surface area contributed by atoms with E-state index in [4.69, 9.17) is 4.74 Å². The van der Waals surface area contributed by atoms with Gasteiger partial charge in [0.25, 0.3) is 0 Å². The zero-order chi connectivity index (χ0) is 16.4. The van der Waals surface area contributed by atoms with Gasteiger partial charge in [-0.2, -0.15) is 0 Å². The van der Waals surface area contributed by atoms with Crippen molar-refractivity contribution in [1.82, 2.24) is 0 Å². The van der Waals surface area contributed by atoms with Crippen LogP contribution < -0.4 is 15.0 Å². The van der Waals surface area contributed by atoms with Gasteiger partial charge in [0.05, 0.1) is 17.9 Å². The number of fused-ring (bicyclic) bond motifs is 1. The number of anilines is 2. The standard InChI is InChI=1S/C16H12F2N2O3/c17-10-5-6-11(18)12(7-10)19-15(21)8-20-9-16(22)23-14-4-2-1-3-13(14)20/h1-7H,8-9H2,(H,19,21). The second kappa shape index (κ2) is 6.04. The van der Waals surface area contributed by atoms with Crippen LogP contribution in [-0.2, 0) is 9.59 Å². The lowest BCUT2D eigenvalue weighted by Crippen LogP contribution is -2.41. The van der Waals surface area contributed by atoms with Crippen molar-refractivity contribution in [3.05, 3.63) is 54.1 Å². The number of carbonyl (C=O) groups excluding carboxylic acids is 2. The van der Waals surface area contributed by atoms with Crippen molar-refractivity contribution in [3.63, 3.8) is 0 Å². The first-order valence-electron chi connectivity index (χ1n) is 6.82. The first-order chi connectivity index (χ1) is 11.0. The Hall–Kier alpha value is -2.96. The Labute approximate surface area is 130 Å². The second-order valence-electron chi connectivity index (χ2n) is 4.97. The van der Waals surface area contributed by atoms with E-state index < -0.39 is 23.5 Å². The number of nitrogens with one attached hydrogen (secondary N) is 1. The molecule has 118 valence electrons. The molecule has 0 fully saturated rings. The van der Waals surface area contributed by atoms with Crippen molar-refractivity contribution in [3.8, 4) is 5.75 Å². The lowest BCUT2D eigenvalue weighted by molar-refractivity contribution is -0.133. The van der Waals surface area contributed by atoms with E-state index in [0.717, 1.165) is 18.2 Å². The minimum atomic E-state index is -0.738. The van der Waals surface area contributed by atoms with Gasteiger partial charge in [-0.3, -0.25) is 4.79 Å². The fraction of sp³-hybridized carbons (Fsp3) is 0.125. The molecule has 2 aromatic rings. The van der Waals surface area contributed by atoms with Crippen LogP contribution >= 0.6 is 0 Å². The summed E-state index contributed by atoms with van der Waals surface area (Å²) in [4.78, 5) is 25.1. The number of hydrogen-bond donors (Lipinski definition) is 1. The summed E-state index contributed by atoms with van der Waals surface area (Å²) in [5, 5.41) is 2.30. The summed E-state index contributed by atoms with van der Waals surface area (Å²) < 4.78 is 31.7. The second-order valence-corrected chi connectivity index (χ2v) is 4.97. The van der Waals surface area contributed by atoms with Gasteiger partial charge in [0.2, 0.25) is 5.91 Å². The molecule has 1 heterocycles. The highest BCUT2D eigenvalue weighted by Gasteiger charge is 2.25. The number of carbonyl (C=O) groups is 2. The van der Waals surface area contributed by atoms with Crippen molar-refractivity contribution < 1.29 is 23.1 Å². The van der Waals surface area contributed by atoms with Gasteiger partial charge in [0.15, 0.2) is 5.75 Å². The molecule has 0 spiro atoms. The van der Waals surface area contributed by atoms with Crippen molar-refractivity contribution in [1.29, 1.82) is 0 Å². The van der Waals surface area contributed by atoms with Gasteiger partial charge in [0.1, 0.15) is 18.2 Å². The van der Waals surface area contributed by atoms with Gasteiger partial charge in [-0.25, -0.2) is 13.6 Å². The van der Waals surface area contributed by atoms with E-state index in [9.17, 15) is 18.4 Å². The predicted molar refractivity (Wildman–Crippen MR) is 79.3 cm³/mol. The molecule has 0 saturated carbocycles. The van der Waals surface area contributed by atoms with Gasteiger partial charge in [-0.05, 0) is 24.3 Å². The Bertz CT molecular complexity index is 780. The number of benzene rings is 2. The van der Waals surface area contributed by atoms with Crippen LogP contribution in [0.15, 0.2) is 42.5 Å². The molecule has 5 nitrogen and oxygen atoms in total. The molecule has 1 aliphatic heterocycles. The number of ether oxygens (including phenoxy) is 1. The van der Waals surface area contributed by atoms with Crippen LogP contribution in [0.4, 0.5) is 20.2 Å². The third-order valence-corrected chi connectivity index (χ3v) is 3.29. The quantitative estimate of drug-likeness (QED) is 0.697. The Balaban J connectivity index is 1.75. The van der Waals surface area contributed by atoms with Crippen LogP contribution in [0.1, 0.15) is 0 Å². The summed E-state index contributed by atoms with van der Waals surface area (Å²) in [6.07, 6.45) is 0. The summed E-state index contributed by atoms with van der Waals surface area (Å²) in [6.45, 7) is -0.294. The number of rotatable bonds is 3. The van der Waals surface area contributed by atoms with Crippen LogP contribution in [0.25, 0.3) is 0 Å². The maximum Gasteiger partial charge on any atom is 0.331 e. The van der Waals surface area contributed by atoms with Crippen molar-refractivity contribution in [2.45, 2.75) is 0 Å². The van der Waals surface area contributed by atoms with Crippen molar-refractivity contribution >= 4 is 23.3 Å². The van der Waals surface area contributed by atoms with Crippen molar-refractivity contribution in [2.24, 2.45) is 0 Å². The van der Waals surface area contributed by atoms with E-state index in [1.54, 1.807) is 24.3 Å². The van der Waals surface area contributed by atoms with E-state index in [1.807, 2.05) is 0 Å². The number of hydrogen-bond acceptors (Lipinski definition) is 4. The number of nitrogens with zero attached hydrogens (tertiary/aromatic N) is 1. The molecular formula is C16H12F2N2O3. The van der Waals surface area contributed by atoms with Crippen molar-refractivity contribution in [2.75, 3.05) is 23.3 Å². The van der Waals surface area contributed by atoms with Gasteiger partial charge < -0.3 is 15.0 Å². The van der Waals surface area contributed by atoms with Gasteiger partial charge in [-0.15, -0.1) is 0 Å². The normalized spacial score (nSPS) is 13.3. The molecule has 1 N–H and O–H groups in total. The molecule has 1 aliphatic rings. The minimum absolute atomic E-state index is 0.101. The number of esters is 1. The molecule has 2 aromatic carbocycles. The number of halogens is 2. The van der Waals surface area contributed by atoms with E-state index in [-0.39, 0.29) is 18.8 Å². The first-order valence-corrected chi connectivity index (χ1v) is 6.82. The summed E-state index contributed by atoms with van der Waals surface area (Å²) in [5.41, 5.74) is 0.338. The Morgan fingerprint density at radius 3 is 2.83 bits per heavy atom. The highest BCUT2D eigenvalue weighted by atomic mass is 19.1. The molecule has 0 unspecified atom stereocenters. The monoisotopic (exact) mass is 318 g/mol. The van der Waals surface area contributed by atoms with Crippen LogP contribution in [0.5, 0.6) is 5.75 Å². The third-order valence-electron chi connectivity index (χ3n) is 3.29. The number of amides is 1. The summed E-state index contributed by atoms with van der Waals surface area (Å²) >= 11 is 0. The molecular weight excluding hydrogens is 306 g/mol. The molecule has 0 bridgehead atoms. The average molecular weight is 318 g/mol. The average Bonchev–Trinajstić information content (AvgIpc) is 2.50. The van der Waals surface area contributed by atoms with Crippen LogP contribution in [0, 0.1) is 11.6 Å². The van der Waals surface area contributed by atoms with E-state index in [1.165, 1.54) is 4.90 Å². The maximum atomic E-state index is 13.5. The highest BCUT2D eigenvalue weighted by Crippen LogP contribution is 2.31. The lowest BCUT2D eigenvalue weighted by Gasteiger charge is -2.29. The molecule has 0 radical (unpaired) electrons. The smallest absolute Gasteiger partial charge is 0.331 e. The Kier molecular flexibility index (Phi) is 3.92. The fourth-order valence-electron chi connectivity index (χ4n) is 2.30. The van der Waals surface area contributed by atoms with Gasteiger partial charge >= 0.3 is 5.97 Å². The summed E-state index contributed by atoms with van der Waals surface area (Å²) in [7, 11) is 0. The van der Waals surface area contributed by atoms with Crippen LogP contribution in [0.3, 0.4) is 0 Å². The van der Waals surface area contributed by atoms with E-state index in [2.05, 4.69) is 5.32 Å². The van der Waals surface area contributed by atoms with E-state index >= 15 is 0 Å². The molecule has 1 amide bonds. The van der Waals surface area contributed by atoms with Crippen LogP contribution in [-0.4, -0.2) is 25.0 Å². The first kappa shape index (κ1) is 15.0. The van der Waals surface area contributed by atoms with Gasteiger partial charge in [-0.1, -0.05) is 12.1 Å². The Morgan fingerprint density at radius 2 is 2.00 bits per heavy atom. The molecule has 3 rings (SSSR count). The third kappa shape index (κ3) is 3.28. The fourth-order valence-corrected chi connectivity index (χ4v) is 2.30. The molecule has 7 heteroatoms. The summed E-state index contributed by atoms with van der Waals surface area (Å²) in [6, 6.07) is 9.56. The maximum absolute atomic E-state index is 13.5. The highest BCUT2D eigenvalue weighted by molar-refractivity contribution is 5.96. The number of para-hydroxylation sites is 2. The molecule has 0 atom stereocenters. The van der Waals surface area contributed by atoms with E-state index in [0.29, 0.717) is 11.4 Å². The SMILES string of the molecule is O=C(CN1CC(=O)Oc2ccccc21)Nc1cc(F)ccc1F. The summed E-state index contributed by atoms with van der Waals surface area (Å²) in [5.74, 6) is -2.10.